The van der Waals surface area contributed by atoms with E-state index in [4.69, 9.17) is 18.9 Å². The third-order valence-electron chi connectivity index (χ3n) is 4.13. The third-order valence-corrected chi connectivity index (χ3v) is 7.03. The first kappa shape index (κ1) is 25.4. The van der Waals surface area contributed by atoms with Gasteiger partial charge >= 0.3 is 11.9 Å². The molecule has 2 rings (SSSR count). The fraction of sp³-hybridized carbons (Fsp3) is 0.619. The van der Waals surface area contributed by atoms with Crippen molar-refractivity contribution in [2.45, 2.75) is 44.8 Å². The zero-order valence-corrected chi connectivity index (χ0v) is 20.2. The first-order chi connectivity index (χ1) is 14.7. The van der Waals surface area contributed by atoms with Crippen molar-refractivity contribution in [1.82, 2.24) is 0 Å². The summed E-state index contributed by atoms with van der Waals surface area (Å²) in [6.45, 7) is 1.52. The van der Waals surface area contributed by atoms with Crippen molar-refractivity contribution in [3.8, 4) is 5.75 Å². The molecular weight excluding hydrogens is 492 g/mol. The average molecular weight is 521 g/mol. The quantitative estimate of drug-likeness (QED) is 0.150. The molecule has 0 aromatic heterocycles. The number of rotatable bonds is 14. The van der Waals surface area contributed by atoms with Crippen molar-refractivity contribution in [1.29, 1.82) is 0 Å². The van der Waals surface area contributed by atoms with Crippen LogP contribution in [0.2, 0.25) is 0 Å². The molecule has 0 spiro atoms. The van der Waals surface area contributed by atoms with E-state index in [2.05, 4.69) is 15.9 Å². The molecule has 1 aliphatic heterocycles. The van der Waals surface area contributed by atoms with Crippen LogP contribution in [-0.4, -0.2) is 54.9 Å². The number of benzene rings is 1. The van der Waals surface area contributed by atoms with E-state index in [-0.39, 0.29) is 24.6 Å². The van der Waals surface area contributed by atoms with Gasteiger partial charge in [0.1, 0.15) is 19.0 Å². The number of hydrogen-bond acceptors (Lipinski definition) is 8. The highest BCUT2D eigenvalue weighted by molar-refractivity contribution is 9.09. The number of hydrogen-bond donors (Lipinski definition) is 0. The average Bonchev–Trinajstić information content (AvgIpc) is 2.76. The van der Waals surface area contributed by atoms with Gasteiger partial charge in [0.15, 0.2) is 6.29 Å². The predicted octanol–water partition coefficient (Wildman–Crippen LogP) is 4.78. The molecular formula is C21H29BrO6S2. The highest BCUT2D eigenvalue weighted by Crippen LogP contribution is 2.21. The molecule has 9 heteroatoms. The molecule has 1 heterocycles. The third kappa shape index (κ3) is 11.5. The lowest BCUT2D eigenvalue weighted by molar-refractivity contribution is -0.143. The molecule has 30 heavy (non-hydrogen) atoms. The van der Waals surface area contributed by atoms with E-state index in [1.54, 1.807) is 21.6 Å². The topological polar surface area (TPSA) is 71.1 Å². The lowest BCUT2D eigenvalue weighted by atomic mass is 10.1. The highest BCUT2D eigenvalue weighted by atomic mass is 79.9. The number of halogens is 1. The Bertz CT molecular complexity index is 622. The van der Waals surface area contributed by atoms with Gasteiger partial charge in [-0.1, -0.05) is 49.7 Å². The van der Waals surface area contributed by atoms with Crippen molar-refractivity contribution >= 4 is 49.5 Å². The number of alkyl halides is 1. The Kier molecular flexibility index (Phi) is 13.4. The minimum Gasteiger partial charge on any atom is -0.465 e. The normalized spacial score (nSPS) is 16.1. The van der Waals surface area contributed by atoms with Gasteiger partial charge in [-0.15, -0.1) is 0 Å². The summed E-state index contributed by atoms with van der Waals surface area (Å²) >= 11 is 3.28. The van der Waals surface area contributed by atoms with Gasteiger partial charge in [0.2, 0.25) is 0 Å². The first-order valence-corrected chi connectivity index (χ1v) is 13.8. The predicted molar refractivity (Wildman–Crippen MR) is 124 cm³/mol. The molecule has 0 saturated carbocycles. The van der Waals surface area contributed by atoms with Crippen LogP contribution in [0.15, 0.2) is 24.3 Å². The maximum absolute atomic E-state index is 12.0. The lowest BCUT2D eigenvalue weighted by Gasteiger charge is -2.23. The van der Waals surface area contributed by atoms with Crippen LogP contribution in [0.1, 0.15) is 37.7 Å². The van der Waals surface area contributed by atoms with E-state index in [0.29, 0.717) is 25.4 Å². The zero-order chi connectivity index (χ0) is 21.4. The summed E-state index contributed by atoms with van der Waals surface area (Å²) in [7, 11) is 3.21. The van der Waals surface area contributed by atoms with Crippen LogP contribution in [0, 0.1) is 0 Å². The minimum absolute atomic E-state index is 0.157. The van der Waals surface area contributed by atoms with Gasteiger partial charge < -0.3 is 18.9 Å². The Morgan fingerprint density at radius 3 is 2.37 bits per heavy atom. The Morgan fingerprint density at radius 2 is 1.73 bits per heavy atom. The fourth-order valence-corrected chi connectivity index (χ4v) is 4.57. The molecule has 1 unspecified atom stereocenters. The van der Waals surface area contributed by atoms with Crippen LogP contribution in [0.5, 0.6) is 5.75 Å². The summed E-state index contributed by atoms with van der Waals surface area (Å²) in [6.07, 6.45) is 4.43. The summed E-state index contributed by atoms with van der Waals surface area (Å²) in [4.78, 5) is 23.3. The molecule has 0 N–H and O–H groups in total. The Morgan fingerprint density at radius 1 is 1.03 bits per heavy atom. The van der Waals surface area contributed by atoms with Crippen LogP contribution in [0.4, 0.5) is 0 Å². The van der Waals surface area contributed by atoms with Gasteiger partial charge in [-0.25, -0.2) is 0 Å². The van der Waals surface area contributed by atoms with E-state index in [9.17, 15) is 9.59 Å². The lowest BCUT2D eigenvalue weighted by Crippen LogP contribution is -2.24. The van der Waals surface area contributed by atoms with Crippen LogP contribution >= 0.6 is 37.5 Å². The van der Waals surface area contributed by atoms with E-state index in [1.165, 1.54) is 0 Å². The van der Waals surface area contributed by atoms with Crippen molar-refractivity contribution < 1.29 is 28.5 Å². The maximum Gasteiger partial charge on any atom is 0.310 e. The van der Waals surface area contributed by atoms with E-state index in [1.807, 2.05) is 24.3 Å². The Balaban J connectivity index is 1.49. The summed E-state index contributed by atoms with van der Waals surface area (Å²) in [5, 5.41) is 0.807. The number of esters is 2. The second-order valence-corrected chi connectivity index (χ2v) is 10.1. The van der Waals surface area contributed by atoms with Gasteiger partial charge in [-0.05, 0) is 37.0 Å². The second kappa shape index (κ2) is 15.8. The maximum atomic E-state index is 12.0. The minimum atomic E-state index is -0.245. The van der Waals surface area contributed by atoms with Gasteiger partial charge in [0.05, 0.1) is 13.0 Å². The second-order valence-electron chi connectivity index (χ2n) is 6.61. The monoisotopic (exact) mass is 520 g/mol. The first-order valence-electron chi connectivity index (χ1n) is 10.2. The molecule has 1 aliphatic rings. The standard InChI is InChI=1S/C21H29BrO6S2/c22-10-3-4-19(23)25-12-14-29-30-15-13-26-20(24)16-17-6-8-18(9-7-17)28-21-5-1-2-11-27-21/h6-9,21H,1-5,10-16H2. The highest BCUT2D eigenvalue weighted by Gasteiger charge is 2.15. The van der Waals surface area contributed by atoms with Gasteiger partial charge in [0.25, 0.3) is 0 Å². The summed E-state index contributed by atoms with van der Waals surface area (Å²) in [5.41, 5.74) is 0.890. The molecule has 168 valence electrons. The van der Waals surface area contributed by atoms with Gasteiger partial charge in [-0.2, -0.15) is 0 Å². The van der Waals surface area contributed by atoms with Gasteiger partial charge in [-0.3, -0.25) is 9.59 Å². The number of ether oxygens (including phenoxy) is 4. The Hall–Kier alpha value is -0.900. The molecule has 1 atom stereocenters. The van der Waals surface area contributed by atoms with Crippen molar-refractivity contribution in [3.63, 3.8) is 0 Å². The Labute approximate surface area is 194 Å². The molecule has 6 nitrogen and oxygen atoms in total. The van der Waals surface area contributed by atoms with E-state index < -0.39 is 0 Å². The van der Waals surface area contributed by atoms with Crippen molar-refractivity contribution in [2.75, 3.05) is 36.7 Å². The summed E-state index contributed by atoms with van der Waals surface area (Å²) in [5.74, 6) is 1.77. The van der Waals surface area contributed by atoms with Crippen LogP contribution in [0.25, 0.3) is 0 Å². The summed E-state index contributed by atoms with van der Waals surface area (Å²) in [6, 6.07) is 7.48. The molecule has 0 aliphatic carbocycles. The fourth-order valence-electron chi connectivity index (χ4n) is 2.64. The molecule has 1 aromatic carbocycles. The van der Waals surface area contributed by atoms with Crippen LogP contribution < -0.4 is 4.74 Å². The molecule has 0 bridgehead atoms. The smallest absolute Gasteiger partial charge is 0.310 e. The molecule has 0 amide bonds. The van der Waals surface area contributed by atoms with E-state index >= 15 is 0 Å². The molecule has 1 fully saturated rings. The van der Waals surface area contributed by atoms with E-state index in [0.717, 1.165) is 54.7 Å². The van der Waals surface area contributed by atoms with Crippen LogP contribution in [-0.2, 0) is 30.2 Å². The molecule has 1 saturated heterocycles. The SMILES string of the molecule is O=C(CCCBr)OCCSSCCOC(=O)Cc1ccc(OC2CCCCO2)cc1. The van der Waals surface area contributed by atoms with Crippen molar-refractivity contribution in [3.05, 3.63) is 29.8 Å². The number of carbonyl (C=O) groups excluding carboxylic acids is 2. The van der Waals surface area contributed by atoms with Gasteiger partial charge in [0, 0.05) is 29.7 Å². The van der Waals surface area contributed by atoms with Crippen LogP contribution in [0.3, 0.4) is 0 Å². The molecule has 0 radical (unpaired) electrons. The van der Waals surface area contributed by atoms with Crippen molar-refractivity contribution in [2.24, 2.45) is 0 Å². The largest absolute Gasteiger partial charge is 0.465 e. The zero-order valence-electron chi connectivity index (χ0n) is 17.0. The molecule has 1 aromatic rings. The summed E-state index contributed by atoms with van der Waals surface area (Å²) < 4.78 is 21.7. The number of carbonyl (C=O) groups is 2.